The van der Waals surface area contributed by atoms with Gasteiger partial charge in [0.2, 0.25) is 0 Å². The Morgan fingerprint density at radius 3 is 2.36 bits per heavy atom. The van der Waals surface area contributed by atoms with Crippen molar-refractivity contribution in [3.8, 4) is 6.01 Å². The molecule has 0 saturated carbocycles. The second-order valence-corrected chi connectivity index (χ2v) is 14.4. The number of hydrogen-bond donors (Lipinski definition) is 0. The van der Waals surface area contributed by atoms with Gasteiger partial charge in [-0.3, -0.25) is 9.80 Å². The number of aromatic nitrogens is 2. The lowest BCUT2D eigenvalue weighted by atomic mass is 9.95. The zero-order valence-corrected chi connectivity index (χ0v) is 26.9. The molecule has 0 radical (unpaired) electrons. The smallest absolute Gasteiger partial charge is 0.410 e. The van der Waals surface area contributed by atoms with E-state index in [1.807, 2.05) is 56.0 Å². The van der Waals surface area contributed by atoms with Crippen LogP contribution in [-0.4, -0.2) is 99.4 Å². The van der Waals surface area contributed by atoms with Crippen molar-refractivity contribution >= 4 is 18.0 Å². The highest BCUT2D eigenvalue weighted by Crippen LogP contribution is 2.40. The van der Waals surface area contributed by atoms with Crippen LogP contribution in [0.15, 0.2) is 30.3 Å². The molecule has 0 N–H and O–H groups in total. The molecule has 1 aromatic heterocycles. The van der Waals surface area contributed by atoms with E-state index in [0.29, 0.717) is 45.2 Å². The lowest BCUT2D eigenvalue weighted by molar-refractivity contribution is 0.0122. The van der Waals surface area contributed by atoms with Crippen LogP contribution in [0, 0.1) is 0 Å². The van der Waals surface area contributed by atoms with Gasteiger partial charge in [0.1, 0.15) is 24.6 Å². The van der Waals surface area contributed by atoms with E-state index >= 15 is 0 Å². The van der Waals surface area contributed by atoms with Crippen molar-refractivity contribution < 1.29 is 23.8 Å². The molecule has 1 aromatic carbocycles. The minimum Gasteiger partial charge on any atom is -0.461 e. The molecular weight excluding hydrogens is 572 g/mol. The van der Waals surface area contributed by atoms with E-state index in [9.17, 15) is 9.59 Å². The Balaban J connectivity index is 1.12. The molecule has 11 nitrogen and oxygen atoms in total. The summed E-state index contributed by atoms with van der Waals surface area (Å²) in [5.41, 5.74) is 2.36. The molecule has 2 aromatic rings. The molecule has 242 valence electrons. The van der Waals surface area contributed by atoms with Crippen LogP contribution < -0.4 is 9.64 Å². The molecule has 2 amide bonds. The van der Waals surface area contributed by atoms with Gasteiger partial charge in [-0.05, 0) is 84.4 Å². The van der Waals surface area contributed by atoms with Crippen LogP contribution in [0.25, 0.3) is 0 Å². The number of nitrogens with zero attached hydrogens (tertiary/aromatic N) is 6. The third-order valence-corrected chi connectivity index (χ3v) is 10.2. The van der Waals surface area contributed by atoms with Crippen LogP contribution in [0.3, 0.4) is 0 Å². The van der Waals surface area contributed by atoms with E-state index in [1.165, 1.54) is 12.8 Å². The van der Waals surface area contributed by atoms with Gasteiger partial charge in [-0.25, -0.2) is 9.59 Å². The topological polar surface area (TPSA) is 101 Å². The first-order chi connectivity index (χ1) is 21.7. The van der Waals surface area contributed by atoms with E-state index in [1.54, 1.807) is 4.90 Å². The normalized spacial score (nSPS) is 23.9. The lowest BCUT2D eigenvalue weighted by Crippen LogP contribution is -2.57. The van der Waals surface area contributed by atoms with Crippen molar-refractivity contribution in [2.75, 3.05) is 44.2 Å². The predicted octanol–water partition coefficient (Wildman–Crippen LogP) is 4.77. The minimum atomic E-state index is -0.534. The van der Waals surface area contributed by atoms with Gasteiger partial charge in [0, 0.05) is 25.2 Å². The lowest BCUT2D eigenvalue weighted by Gasteiger charge is -2.42. The highest BCUT2D eigenvalue weighted by molar-refractivity contribution is 5.71. The van der Waals surface area contributed by atoms with Crippen molar-refractivity contribution in [1.29, 1.82) is 0 Å². The van der Waals surface area contributed by atoms with Crippen molar-refractivity contribution in [1.82, 2.24) is 24.7 Å². The Bertz CT molecular complexity index is 1390. The first-order valence-electron chi connectivity index (χ1n) is 16.7. The maximum atomic E-state index is 13.1. The van der Waals surface area contributed by atoms with Crippen LogP contribution in [0.4, 0.5) is 15.4 Å². The van der Waals surface area contributed by atoms with Gasteiger partial charge in [-0.2, -0.15) is 9.97 Å². The average molecular weight is 619 g/mol. The highest BCUT2D eigenvalue weighted by Gasteiger charge is 2.47. The summed E-state index contributed by atoms with van der Waals surface area (Å²) >= 11 is 0. The number of piperazine rings is 1. The summed E-state index contributed by atoms with van der Waals surface area (Å²) in [4.78, 5) is 44.8. The van der Waals surface area contributed by atoms with Gasteiger partial charge in [-0.15, -0.1) is 0 Å². The Kier molecular flexibility index (Phi) is 8.00. The average Bonchev–Trinajstić information content (AvgIpc) is 3.68. The SMILES string of the molecule is CC(C)(C)OC(=O)N1[C@@H]2CC[C@H]1CN(c1nc(OCC34CCCN3CCC4)nc3c1CCN(C(=O)OCc1ccccc1)C3)C2. The Hall–Kier alpha value is -3.60. The Morgan fingerprint density at radius 2 is 1.67 bits per heavy atom. The number of amides is 2. The number of carbonyl (C=O) groups is 2. The summed E-state index contributed by atoms with van der Waals surface area (Å²) in [5.74, 6) is 0.875. The molecular formula is C34H46N6O5. The van der Waals surface area contributed by atoms with E-state index in [-0.39, 0.29) is 36.4 Å². The minimum absolute atomic E-state index is 0.0612. The molecule has 2 atom stereocenters. The molecule has 4 fully saturated rings. The summed E-state index contributed by atoms with van der Waals surface area (Å²) in [6, 6.07) is 10.2. The maximum absolute atomic E-state index is 13.1. The standard InChI is InChI=1S/C34H46N6O5/c1-33(2,3)45-32(42)40-25-11-12-26(40)20-38(19-25)29-27-13-18-37(31(41)43-22-24-9-5-4-6-10-24)21-28(27)35-30(36-29)44-23-34-14-7-16-39(34)17-8-15-34/h4-6,9-10,25-26H,7-8,11-23H2,1-3H3/t25-,26+. The molecule has 5 aliphatic rings. The fraction of sp³-hybridized carbons (Fsp3) is 0.647. The quantitative estimate of drug-likeness (QED) is 0.453. The first-order valence-corrected chi connectivity index (χ1v) is 16.7. The molecule has 7 rings (SSSR count). The Labute approximate surface area is 265 Å². The number of fused-ring (bicyclic) bond motifs is 4. The summed E-state index contributed by atoms with van der Waals surface area (Å²) in [6.45, 7) is 11.0. The Morgan fingerprint density at radius 1 is 0.956 bits per heavy atom. The third kappa shape index (κ3) is 6.15. The number of benzene rings is 1. The summed E-state index contributed by atoms with van der Waals surface area (Å²) in [7, 11) is 0. The van der Waals surface area contributed by atoms with Crippen molar-refractivity contribution in [2.24, 2.45) is 0 Å². The van der Waals surface area contributed by atoms with Gasteiger partial charge in [0.25, 0.3) is 0 Å². The number of carbonyl (C=O) groups excluding carboxylic acids is 2. The molecule has 0 spiro atoms. The molecule has 2 bridgehead atoms. The fourth-order valence-corrected chi connectivity index (χ4v) is 8.03. The van der Waals surface area contributed by atoms with Crippen molar-refractivity contribution in [3.63, 3.8) is 0 Å². The van der Waals surface area contributed by atoms with Gasteiger partial charge in [-0.1, -0.05) is 30.3 Å². The second-order valence-electron chi connectivity index (χ2n) is 14.4. The first kappa shape index (κ1) is 30.1. The monoisotopic (exact) mass is 618 g/mol. The van der Waals surface area contributed by atoms with Crippen LogP contribution in [0.1, 0.15) is 76.1 Å². The maximum Gasteiger partial charge on any atom is 0.410 e. The van der Waals surface area contributed by atoms with Gasteiger partial charge < -0.3 is 24.0 Å². The van der Waals surface area contributed by atoms with E-state index < -0.39 is 5.60 Å². The molecule has 4 saturated heterocycles. The van der Waals surface area contributed by atoms with Crippen LogP contribution >= 0.6 is 0 Å². The molecule has 0 unspecified atom stereocenters. The molecule has 6 heterocycles. The number of ether oxygens (including phenoxy) is 3. The van der Waals surface area contributed by atoms with Crippen LogP contribution in [0.5, 0.6) is 6.01 Å². The highest BCUT2D eigenvalue weighted by atomic mass is 16.6. The fourth-order valence-electron chi connectivity index (χ4n) is 8.03. The van der Waals surface area contributed by atoms with E-state index in [0.717, 1.165) is 61.4 Å². The zero-order valence-electron chi connectivity index (χ0n) is 26.9. The number of anilines is 1. The van der Waals surface area contributed by atoms with E-state index in [4.69, 9.17) is 24.2 Å². The van der Waals surface area contributed by atoms with Crippen LogP contribution in [0.2, 0.25) is 0 Å². The number of hydrogen-bond acceptors (Lipinski definition) is 9. The summed E-state index contributed by atoms with van der Waals surface area (Å²) in [6.07, 6.45) is 6.61. The largest absolute Gasteiger partial charge is 0.461 e. The molecule has 5 aliphatic heterocycles. The van der Waals surface area contributed by atoms with Crippen LogP contribution in [-0.2, 0) is 29.0 Å². The van der Waals surface area contributed by atoms with Gasteiger partial charge >= 0.3 is 18.2 Å². The van der Waals surface area contributed by atoms with Gasteiger partial charge in [0.15, 0.2) is 0 Å². The molecule has 0 aliphatic carbocycles. The summed E-state index contributed by atoms with van der Waals surface area (Å²) < 4.78 is 17.9. The van der Waals surface area contributed by atoms with Crippen molar-refractivity contribution in [3.05, 3.63) is 47.2 Å². The predicted molar refractivity (Wildman–Crippen MR) is 168 cm³/mol. The molecule has 45 heavy (non-hydrogen) atoms. The zero-order chi connectivity index (χ0) is 31.2. The van der Waals surface area contributed by atoms with Gasteiger partial charge in [0.05, 0.1) is 29.9 Å². The summed E-state index contributed by atoms with van der Waals surface area (Å²) in [5, 5.41) is 0. The molecule has 11 heteroatoms. The van der Waals surface area contributed by atoms with E-state index in [2.05, 4.69) is 9.80 Å². The second kappa shape index (κ2) is 12.0. The third-order valence-electron chi connectivity index (χ3n) is 10.2. The number of rotatable bonds is 6. The van der Waals surface area contributed by atoms with Crippen molar-refractivity contribution in [2.45, 2.75) is 102 Å².